The van der Waals surface area contributed by atoms with Crippen LogP contribution in [0.15, 0.2) is 41.2 Å². The summed E-state index contributed by atoms with van der Waals surface area (Å²) in [5.41, 5.74) is 1.81. The van der Waals surface area contributed by atoms with Gasteiger partial charge in [-0.3, -0.25) is 19.3 Å². The molecule has 2 aromatic rings. The molecule has 3 aliphatic rings. The number of carbonyl (C=O) groups is 3. The van der Waals surface area contributed by atoms with Gasteiger partial charge in [-0.2, -0.15) is 0 Å². The second-order valence-corrected chi connectivity index (χ2v) is 11.1. The first kappa shape index (κ1) is 28.2. The Morgan fingerprint density at radius 1 is 1.05 bits per heavy atom. The number of ketones is 2. The number of fused-ring (bicyclic) bond motifs is 3. The number of Topliss-reactive ketones (excluding diaryl/α,β-unsaturated/α-hetero) is 2. The Balaban J connectivity index is 1.78. The Morgan fingerprint density at radius 2 is 1.71 bits per heavy atom. The largest absolute Gasteiger partial charge is 0.508 e. The molecule has 10 nitrogen and oxygen atoms in total. The molecule has 4 atom stereocenters. The lowest BCUT2D eigenvalue weighted by atomic mass is 9.57. The molecule has 0 aliphatic heterocycles. The topological polar surface area (TPSA) is 165 Å². The van der Waals surface area contributed by atoms with Crippen LogP contribution in [0.3, 0.4) is 0 Å². The first-order valence-corrected chi connectivity index (χ1v) is 12.8. The lowest BCUT2D eigenvalue weighted by Gasteiger charge is -2.50. The van der Waals surface area contributed by atoms with Crippen molar-refractivity contribution < 1.29 is 43.6 Å². The number of benzene rings is 2. The van der Waals surface area contributed by atoms with E-state index in [0.29, 0.717) is 17.3 Å². The fourth-order valence-electron chi connectivity index (χ4n) is 6.60. The van der Waals surface area contributed by atoms with Crippen molar-refractivity contribution in [2.45, 2.75) is 24.5 Å². The molecule has 6 N–H and O–H groups in total. The molecule has 41 heavy (non-hydrogen) atoms. The second-order valence-electron chi connectivity index (χ2n) is 11.1. The highest BCUT2D eigenvalue weighted by Crippen LogP contribution is 2.55. The van der Waals surface area contributed by atoms with Gasteiger partial charge in [0.2, 0.25) is 5.78 Å². The summed E-state index contributed by atoms with van der Waals surface area (Å²) in [4.78, 5) is 42.5. The van der Waals surface area contributed by atoms with Gasteiger partial charge in [0.15, 0.2) is 11.4 Å². The summed E-state index contributed by atoms with van der Waals surface area (Å²) in [5, 5.41) is 45.6. The lowest BCUT2D eigenvalue weighted by Crippen LogP contribution is -2.65. The number of amides is 1. The van der Waals surface area contributed by atoms with Crippen molar-refractivity contribution in [2.75, 3.05) is 33.1 Å². The minimum Gasteiger partial charge on any atom is -0.508 e. The Morgan fingerprint density at radius 3 is 2.27 bits per heavy atom. The Labute approximate surface area is 233 Å². The highest BCUT2D eigenvalue weighted by atomic mass is 19.1. The third kappa shape index (κ3) is 3.85. The van der Waals surface area contributed by atoms with E-state index < -0.39 is 75.4 Å². The summed E-state index contributed by atoms with van der Waals surface area (Å²) in [7, 11) is 6.42. The fourth-order valence-corrected chi connectivity index (χ4v) is 6.60. The van der Waals surface area contributed by atoms with E-state index in [1.807, 2.05) is 0 Å². The number of likely N-dealkylation sites (N-methyl/N-ethyl adjacent to an activating group) is 1. The maximum absolute atomic E-state index is 14.8. The molecule has 0 unspecified atom stereocenters. The van der Waals surface area contributed by atoms with Crippen LogP contribution in [0, 0.1) is 23.5 Å². The number of hydrogen-bond acceptors (Lipinski definition) is 9. The number of halogens is 2. The van der Waals surface area contributed by atoms with Crippen molar-refractivity contribution >= 4 is 28.9 Å². The monoisotopic (exact) mass is 569 g/mol. The number of rotatable bonds is 4. The van der Waals surface area contributed by atoms with Crippen molar-refractivity contribution in [3.8, 4) is 16.9 Å². The molecular formula is C29H29F2N3O7. The molecule has 1 amide bonds. The molecule has 3 aliphatic carbocycles. The quantitative estimate of drug-likeness (QED) is 0.346. The average Bonchev–Trinajstić information content (AvgIpc) is 2.86. The summed E-state index contributed by atoms with van der Waals surface area (Å²) >= 11 is 0. The van der Waals surface area contributed by atoms with E-state index in [1.54, 1.807) is 19.0 Å². The maximum Gasteiger partial charge on any atom is 0.255 e. The predicted molar refractivity (Wildman–Crippen MR) is 144 cm³/mol. The summed E-state index contributed by atoms with van der Waals surface area (Å²) in [5.74, 6) is -9.54. The van der Waals surface area contributed by atoms with E-state index >= 15 is 0 Å². The zero-order valence-electron chi connectivity index (χ0n) is 22.7. The Hall–Kier alpha value is -4.29. The molecule has 2 aromatic carbocycles. The molecule has 0 heterocycles. The van der Waals surface area contributed by atoms with Crippen LogP contribution in [0.2, 0.25) is 0 Å². The van der Waals surface area contributed by atoms with Gasteiger partial charge in [-0.1, -0.05) is 0 Å². The molecular weight excluding hydrogens is 540 g/mol. The Kier molecular flexibility index (Phi) is 6.47. The van der Waals surface area contributed by atoms with Crippen LogP contribution in [0.5, 0.6) is 5.75 Å². The maximum atomic E-state index is 14.8. The van der Waals surface area contributed by atoms with Gasteiger partial charge in [0.05, 0.1) is 11.6 Å². The number of hydrogen-bond donors (Lipinski definition) is 5. The van der Waals surface area contributed by atoms with Gasteiger partial charge in [-0.15, -0.1) is 0 Å². The van der Waals surface area contributed by atoms with Crippen molar-refractivity contribution in [1.29, 1.82) is 0 Å². The average molecular weight is 570 g/mol. The van der Waals surface area contributed by atoms with E-state index in [1.165, 1.54) is 25.1 Å². The van der Waals surface area contributed by atoms with E-state index in [-0.39, 0.29) is 35.1 Å². The van der Waals surface area contributed by atoms with Crippen LogP contribution in [-0.2, 0) is 20.8 Å². The van der Waals surface area contributed by atoms with Gasteiger partial charge in [0.1, 0.15) is 34.5 Å². The van der Waals surface area contributed by atoms with E-state index in [9.17, 15) is 43.6 Å². The molecule has 0 saturated heterocycles. The standard InChI is InChI=1S/C29H29F2N3O7/c1-33(2)18-10-14(13-6-5-12(30)9-17(13)31)23(35)20-15(18)7-11-8-16-22(34(3)4)25(37)21(28(32)40)27(39)29(16,41)26(38)19(11)24(20)36/h5-6,9-11,16,22,35-36,39,41H,7-8H2,1-4H3,(H2,32,40)/t11-,16-,22-,29-/m1/s1. The van der Waals surface area contributed by atoms with E-state index in [0.717, 1.165) is 12.1 Å². The van der Waals surface area contributed by atoms with E-state index in [4.69, 9.17) is 5.73 Å². The van der Waals surface area contributed by atoms with Gasteiger partial charge >= 0.3 is 0 Å². The van der Waals surface area contributed by atoms with Crippen LogP contribution in [-0.4, -0.2) is 82.6 Å². The molecule has 0 spiro atoms. The van der Waals surface area contributed by atoms with Crippen LogP contribution in [0.1, 0.15) is 17.5 Å². The van der Waals surface area contributed by atoms with Crippen LogP contribution >= 0.6 is 0 Å². The number of aromatic hydroxyl groups is 1. The second kappa shape index (κ2) is 9.38. The summed E-state index contributed by atoms with van der Waals surface area (Å²) in [6.07, 6.45) is 0.00945. The van der Waals surface area contributed by atoms with Gasteiger partial charge < -0.3 is 31.1 Å². The summed E-state index contributed by atoms with van der Waals surface area (Å²) < 4.78 is 28.4. The molecule has 0 radical (unpaired) electrons. The zero-order valence-corrected chi connectivity index (χ0v) is 22.7. The molecule has 0 bridgehead atoms. The molecule has 216 valence electrons. The molecule has 1 fully saturated rings. The van der Waals surface area contributed by atoms with Crippen LogP contribution in [0.4, 0.5) is 14.5 Å². The number of anilines is 1. The number of carbonyl (C=O) groups excluding carboxylic acids is 3. The van der Waals surface area contributed by atoms with Crippen LogP contribution in [0.25, 0.3) is 16.9 Å². The smallest absolute Gasteiger partial charge is 0.255 e. The fraction of sp³-hybridized carbons (Fsp3) is 0.345. The lowest BCUT2D eigenvalue weighted by molar-refractivity contribution is -0.153. The van der Waals surface area contributed by atoms with Crippen molar-refractivity contribution in [3.63, 3.8) is 0 Å². The van der Waals surface area contributed by atoms with Gasteiger partial charge in [-0.25, -0.2) is 8.78 Å². The number of aliphatic hydroxyl groups is 3. The summed E-state index contributed by atoms with van der Waals surface area (Å²) in [6.45, 7) is 0. The van der Waals surface area contributed by atoms with Crippen molar-refractivity contribution in [2.24, 2.45) is 17.6 Å². The number of nitrogens with zero attached hydrogens (tertiary/aromatic N) is 2. The van der Waals surface area contributed by atoms with E-state index in [2.05, 4.69) is 0 Å². The highest BCUT2D eigenvalue weighted by Gasteiger charge is 2.64. The molecule has 12 heteroatoms. The minimum absolute atomic E-state index is 0.0618. The summed E-state index contributed by atoms with van der Waals surface area (Å²) in [6, 6.07) is 3.09. The first-order chi connectivity index (χ1) is 19.1. The third-order valence-corrected chi connectivity index (χ3v) is 8.40. The van der Waals surface area contributed by atoms with Gasteiger partial charge in [0, 0.05) is 48.5 Å². The van der Waals surface area contributed by atoms with Crippen LogP contribution < -0.4 is 10.6 Å². The number of aliphatic hydroxyl groups excluding tert-OH is 2. The van der Waals surface area contributed by atoms with Crippen molar-refractivity contribution in [1.82, 2.24) is 4.90 Å². The molecule has 0 aromatic heterocycles. The number of nitrogens with two attached hydrogens (primary N) is 1. The van der Waals surface area contributed by atoms with Gasteiger partial charge in [-0.05, 0) is 56.6 Å². The SMILES string of the molecule is CN(C)c1cc(-c2ccc(F)cc2F)c(O)c2c1C[C@@H]1C[C@@H]3[C@@H](N(C)C)C(=O)C(C(N)=O)=C(O)[C@]3(O)C(=O)C1=C2O. The first-order valence-electron chi connectivity index (χ1n) is 12.8. The number of primary amides is 1. The van der Waals surface area contributed by atoms with Gasteiger partial charge in [0.25, 0.3) is 5.91 Å². The number of phenolic OH excluding ortho intramolecular Hbond substituents is 1. The minimum atomic E-state index is -2.77. The highest BCUT2D eigenvalue weighted by molar-refractivity contribution is 6.24. The third-order valence-electron chi connectivity index (χ3n) is 8.40. The molecule has 5 rings (SSSR count). The zero-order chi connectivity index (χ0) is 30.3. The normalized spacial score (nSPS) is 25.7. The van der Waals surface area contributed by atoms with Crippen molar-refractivity contribution in [3.05, 3.63) is 63.9 Å². The molecule has 1 saturated carbocycles. The number of phenols is 1. The predicted octanol–water partition coefficient (Wildman–Crippen LogP) is 1.98. The Bertz CT molecular complexity index is 1610.